The van der Waals surface area contributed by atoms with Crippen LogP contribution < -0.4 is 10.6 Å². The van der Waals surface area contributed by atoms with Crippen LogP contribution in [-0.2, 0) is 0 Å². The Morgan fingerprint density at radius 2 is 1.94 bits per heavy atom. The molecule has 5 heteroatoms. The number of rotatable bonds is 4. The fourth-order valence-corrected chi connectivity index (χ4v) is 2.10. The lowest BCUT2D eigenvalue weighted by Gasteiger charge is -2.14. The Balaban J connectivity index is 1.72. The largest absolute Gasteiger partial charge is 0.366 e. The first-order valence-electron chi connectivity index (χ1n) is 6.20. The molecule has 0 aromatic carbocycles. The van der Waals surface area contributed by atoms with Crippen LogP contribution >= 0.6 is 15.9 Å². The van der Waals surface area contributed by atoms with E-state index in [1.165, 1.54) is 12.8 Å². The maximum absolute atomic E-state index is 4.50. The van der Waals surface area contributed by atoms with Crippen molar-refractivity contribution in [2.45, 2.75) is 31.3 Å². The average Bonchev–Trinajstić information content (AvgIpc) is 3.19. The quantitative estimate of drug-likeness (QED) is 0.839. The van der Waals surface area contributed by atoms with E-state index < -0.39 is 0 Å². The van der Waals surface area contributed by atoms with Crippen LogP contribution in [0.15, 0.2) is 35.0 Å². The average molecular weight is 307 g/mol. The predicted octanol–water partition coefficient (Wildman–Crippen LogP) is 3.11. The molecule has 1 aromatic rings. The molecule has 0 spiro atoms. The summed E-state index contributed by atoms with van der Waals surface area (Å²) in [6, 6.07) is 0.771. The van der Waals surface area contributed by atoms with Gasteiger partial charge in [0.05, 0.1) is 10.5 Å². The molecule has 1 aromatic heterocycles. The molecule has 0 unspecified atom stereocenters. The first-order valence-corrected chi connectivity index (χ1v) is 6.99. The van der Waals surface area contributed by atoms with Crippen molar-refractivity contribution in [3.63, 3.8) is 0 Å². The lowest BCUT2D eigenvalue weighted by Crippen LogP contribution is -2.17. The number of aromatic nitrogens is 2. The summed E-state index contributed by atoms with van der Waals surface area (Å²) in [7, 11) is 0. The molecule has 18 heavy (non-hydrogen) atoms. The molecule has 0 radical (unpaired) electrons. The number of hydrogen-bond donors (Lipinski definition) is 2. The molecule has 2 aliphatic carbocycles. The van der Waals surface area contributed by atoms with Crippen molar-refractivity contribution in [2.75, 3.05) is 10.6 Å². The third-order valence-corrected chi connectivity index (χ3v) is 3.50. The van der Waals surface area contributed by atoms with Crippen LogP contribution in [0.1, 0.15) is 19.3 Å². The fourth-order valence-electron chi connectivity index (χ4n) is 1.80. The second-order valence-corrected chi connectivity index (χ2v) is 5.43. The van der Waals surface area contributed by atoms with Gasteiger partial charge in [-0.3, -0.25) is 0 Å². The molecule has 2 N–H and O–H groups in total. The standard InChI is InChI=1S/C13H15BrN4/c14-11-8-15-13(17-9-4-2-1-3-5-9)18-12(11)16-10-6-7-10/h2-5,8-10H,1,6-7H2,(H2,15,16,17,18). The summed E-state index contributed by atoms with van der Waals surface area (Å²) in [5.41, 5.74) is 0. The zero-order chi connectivity index (χ0) is 12.4. The third kappa shape index (κ3) is 2.90. The number of halogens is 1. The van der Waals surface area contributed by atoms with Crippen LogP contribution in [0.25, 0.3) is 0 Å². The van der Waals surface area contributed by atoms with Gasteiger partial charge in [0.15, 0.2) is 0 Å². The van der Waals surface area contributed by atoms with Gasteiger partial charge in [-0.15, -0.1) is 0 Å². The summed E-state index contributed by atoms with van der Waals surface area (Å²) in [4.78, 5) is 8.78. The minimum atomic E-state index is 0.189. The fraction of sp³-hybridized carbons (Fsp3) is 0.385. The van der Waals surface area contributed by atoms with Gasteiger partial charge < -0.3 is 10.6 Å². The smallest absolute Gasteiger partial charge is 0.225 e. The second-order valence-electron chi connectivity index (χ2n) is 4.57. The highest BCUT2D eigenvalue weighted by Gasteiger charge is 2.22. The molecule has 0 atom stereocenters. The van der Waals surface area contributed by atoms with Gasteiger partial charge in [-0.1, -0.05) is 24.3 Å². The molecule has 1 heterocycles. The maximum Gasteiger partial charge on any atom is 0.225 e. The predicted molar refractivity (Wildman–Crippen MR) is 76.7 cm³/mol. The minimum absolute atomic E-state index is 0.189. The van der Waals surface area contributed by atoms with Crippen molar-refractivity contribution in [1.82, 2.24) is 9.97 Å². The van der Waals surface area contributed by atoms with Crippen LogP contribution in [0, 0.1) is 0 Å². The molecule has 0 aliphatic heterocycles. The van der Waals surface area contributed by atoms with E-state index in [2.05, 4.69) is 60.8 Å². The van der Waals surface area contributed by atoms with E-state index in [4.69, 9.17) is 0 Å². The lowest BCUT2D eigenvalue weighted by molar-refractivity contribution is 0.993. The Morgan fingerprint density at radius 1 is 1.17 bits per heavy atom. The van der Waals surface area contributed by atoms with Crippen LogP contribution in [0.3, 0.4) is 0 Å². The molecule has 4 nitrogen and oxygen atoms in total. The SMILES string of the molecule is Brc1cnc(NC2C=CCC=C2)nc1NC1CC1. The Morgan fingerprint density at radius 3 is 2.67 bits per heavy atom. The molecular formula is C13H15BrN4. The summed E-state index contributed by atoms with van der Waals surface area (Å²) in [6.45, 7) is 0. The Kier molecular flexibility index (Phi) is 3.32. The van der Waals surface area contributed by atoms with Gasteiger partial charge in [0.25, 0.3) is 0 Å². The van der Waals surface area contributed by atoms with Crippen molar-refractivity contribution >= 4 is 27.7 Å². The van der Waals surface area contributed by atoms with Crippen LogP contribution in [0.5, 0.6) is 0 Å². The molecule has 1 saturated carbocycles. The van der Waals surface area contributed by atoms with E-state index in [0.29, 0.717) is 12.0 Å². The van der Waals surface area contributed by atoms with Crippen LogP contribution in [0.2, 0.25) is 0 Å². The van der Waals surface area contributed by atoms with Crippen molar-refractivity contribution in [1.29, 1.82) is 0 Å². The Bertz CT molecular complexity index is 482. The third-order valence-electron chi connectivity index (χ3n) is 2.92. The molecule has 2 aliphatic rings. The van der Waals surface area contributed by atoms with Crippen LogP contribution in [0.4, 0.5) is 11.8 Å². The highest BCUT2D eigenvalue weighted by atomic mass is 79.9. The molecule has 0 saturated heterocycles. The van der Waals surface area contributed by atoms with E-state index in [1.807, 2.05) is 0 Å². The van der Waals surface area contributed by atoms with Gasteiger partial charge in [0, 0.05) is 12.2 Å². The number of allylic oxidation sites excluding steroid dienone is 2. The van der Waals surface area contributed by atoms with Crippen LogP contribution in [-0.4, -0.2) is 22.1 Å². The zero-order valence-electron chi connectivity index (χ0n) is 9.94. The molecule has 0 bridgehead atoms. The molecule has 94 valence electrons. The monoisotopic (exact) mass is 306 g/mol. The minimum Gasteiger partial charge on any atom is -0.366 e. The highest BCUT2D eigenvalue weighted by Crippen LogP contribution is 2.28. The van der Waals surface area contributed by atoms with Gasteiger partial charge >= 0.3 is 0 Å². The van der Waals surface area contributed by atoms with Crippen molar-refractivity contribution in [3.8, 4) is 0 Å². The van der Waals surface area contributed by atoms with Gasteiger partial charge in [-0.25, -0.2) is 4.98 Å². The van der Waals surface area contributed by atoms with Gasteiger partial charge in [0.1, 0.15) is 5.82 Å². The van der Waals surface area contributed by atoms with E-state index in [0.717, 1.165) is 16.7 Å². The topological polar surface area (TPSA) is 49.8 Å². The van der Waals surface area contributed by atoms with E-state index in [9.17, 15) is 0 Å². The van der Waals surface area contributed by atoms with Gasteiger partial charge in [0.2, 0.25) is 5.95 Å². The molecule has 0 amide bonds. The van der Waals surface area contributed by atoms with Crippen molar-refractivity contribution in [3.05, 3.63) is 35.0 Å². The molecule has 3 rings (SSSR count). The van der Waals surface area contributed by atoms with Gasteiger partial charge in [-0.05, 0) is 35.2 Å². The molecular weight excluding hydrogens is 292 g/mol. The Labute approximate surface area is 115 Å². The van der Waals surface area contributed by atoms with Crippen molar-refractivity contribution in [2.24, 2.45) is 0 Å². The summed E-state index contributed by atoms with van der Waals surface area (Å²) in [6.07, 6.45) is 13.8. The summed E-state index contributed by atoms with van der Waals surface area (Å²) < 4.78 is 0.912. The number of anilines is 2. The lowest BCUT2D eigenvalue weighted by atomic mass is 10.1. The van der Waals surface area contributed by atoms with Crippen molar-refractivity contribution < 1.29 is 0 Å². The number of nitrogens with one attached hydrogen (secondary N) is 2. The summed E-state index contributed by atoms with van der Waals surface area (Å²) in [5, 5.41) is 6.67. The van der Waals surface area contributed by atoms with Gasteiger partial charge in [-0.2, -0.15) is 4.98 Å². The summed E-state index contributed by atoms with van der Waals surface area (Å²) >= 11 is 3.47. The number of hydrogen-bond acceptors (Lipinski definition) is 4. The first-order chi connectivity index (χ1) is 8.81. The zero-order valence-corrected chi connectivity index (χ0v) is 11.5. The highest BCUT2D eigenvalue weighted by molar-refractivity contribution is 9.10. The summed E-state index contributed by atoms with van der Waals surface area (Å²) in [5.74, 6) is 1.53. The second kappa shape index (κ2) is 5.10. The Hall–Kier alpha value is -1.36. The van der Waals surface area contributed by atoms with E-state index >= 15 is 0 Å². The maximum atomic E-state index is 4.50. The van der Waals surface area contributed by atoms with E-state index in [-0.39, 0.29) is 6.04 Å². The first kappa shape index (κ1) is 11.7. The number of nitrogens with zero attached hydrogens (tertiary/aromatic N) is 2. The normalized spacial score (nSPS) is 18.9. The van der Waals surface area contributed by atoms with E-state index in [1.54, 1.807) is 6.20 Å². The molecule has 1 fully saturated rings.